The Morgan fingerprint density at radius 3 is 2.12 bits per heavy atom. The second kappa shape index (κ2) is 4.37. The highest BCUT2D eigenvalue weighted by Crippen LogP contribution is 2.23. The minimum atomic E-state index is 0.865. The lowest BCUT2D eigenvalue weighted by Crippen LogP contribution is -1.93. The first kappa shape index (κ1) is 11.1. The van der Waals surface area contributed by atoms with Crippen LogP contribution in [0.1, 0.15) is 0 Å². The molecule has 3 aromatic carbocycles. The van der Waals surface area contributed by atoms with Crippen LogP contribution in [0.25, 0.3) is 21.5 Å². The molecule has 0 saturated heterocycles. The fourth-order valence-electron chi connectivity index (χ4n) is 2.17. The minimum absolute atomic E-state index is 0.865. The van der Waals surface area contributed by atoms with Crippen LogP contribution in [0.15, 0.2) is 48.5 Å². The average molecular weight is 256 g/mol. The summed E-state index contributed by atoms with van der Waals surface area (Å²) in [6.07, 6.45) is 0. The maximum Gasteiger partial charge on any atom is -0.0171 e. The number of rotatable bonds is 1. The molecule has 0 N–H and O–H groups in total. The predicted molar refractivity (Wildman–Crippen MR) is 84.7 cm³/mol. The number of hydrogen-bond donors (Lipinski definition) is 0. The summed E-state index contributed by atoms with van der Waals surface area (Å²) in [7, 11) is 3.62. The largest absolute Gasteiger partial charge is 0.106 e. The van der Waals surface area contributed by atoms with Crippen molar-refractivity contribution in [2.75, 3.05) is 6.66 Å². The number of benzene rings is 3. The molecule has 0 amide bonds. The van der Waals surface area contributed by atoms with Gasteiger partial charge in [-0.3, -0.25) is 0 Å². The average Bonchev–Trinajstić information content (AvgIpc) is 2.35. The van der Waals surface area contributed by atoms with E-state index in [2.05, 4.69) is 64.4 Å². The van der Waals surface area contributed by atoms with Gasteiger partial charge < -0.3 is 0 Å². The summed E-state index contributed by atoms with van der Waals surface area (Å²) >= 11 is 0. The molecule has 2 unspecified atom stereocenters. The maximum absolute atomic E-state index is 2.76. The third kappa shape index (κ3) is 2.08. The van der Waals surface area contributed by atoms with Gasteiger partial charge in [0.05, 0.1) is 0 Å². The monoisotopic (exact) mass is 256 g/mol. The molecule has 0 nitrogen and oxygen atoms in total. The van der Waals surface area contributed by atoms with Crippen molar-refractivity contribution >= 4 is 50.0 Å². The van der Waals surface area contributed by atoms with Crippen LogP contribution in [-0.4, -0.2) is 6.66 Å². The summed E-state index contributed by atoms with van der Waals surface area (Å²) in [6.45, 7) is 2.22. The van der Waals surface area contributed by atoms with Gasteiger partial charge in [0.2, 0.25) is 0 Å². The molecule has 2 atom stereocenters. The maximum atomic E-state index is 2.76. The van der Waals surface area contributed by atoms with E-state index in [4.69, 9.17) is 0 Å². The zero-order valence-corrected chi connectivity index (χ0v) is 11.9. The van der Waals surface area contributed by atoms with Gasteiger partial charge in [0.15, 0.2) is 0 Å². The zero-order chi connectivity index (χ0) is 11.8. The lowest BCUT2D eigenvalue weighted by atomic mass is 10.0. The SMILES string of the molecule is CPc1ccc2cc3cc(P)ccc3cc2c1. The van der Waals surface area contributed by atoms with Crippen molar-refractivity contribution in [2.24, 2.45) is 0 Å². The van der Waals surface area contributed by atoms with Gasteiger partial charge in [-0.05, 0) is 63.1 Å². The van der Waals surface area contributed by atoms with E-state index < -0.39 is 0 Å². The molecule has 0 saturated carbocycles. The van der Waals surface area contributed by atoms with Gasteiger partial charge in [-0.2, -0.15) is 0 Å². The number of hydrogen-bond acceptors (Lipinski definition) is 0. The summed E-state index contributed by atoms with van der Waals surface area (Å²) < 4.78 is 0. The highest BCUT2D eigenvalue weighted by Gasteiger charge is 1.99. The van der Waals surface area contributed by atoms with Crippen LogP contribution < -0.4 is 10.6 Å². The summed E-state index contributed by atoms with van der Waals surface area (Å²) in [5, 5.41) is 7.98. The molecule has 3 rings (SSSR count). The van der Waals surface area contributed by atoms with Crippen molar-refractivity contribution in [3.63, 3.8) is 0 Å². The molecule has 2 heteroatoms. The third-order valence-corrected chi connectivity index (χ3v) is 4.36. The minimum Gasteiger partial charge on any atom is -0.106 e. The molecule has 0 heterocycles. The fraction of sp³-hybridized carbons (Fsp3) is 0.0667. The normalized spacial score (nSPS) is 11.9. The van der Waals surface area contributed by atoms with E-state index in [1.807, 2.05) is 0 Å². The van der Waals surface area contributed by atoms with Crippen LogP contribution >= 0.6 is 17.8 Å². The Bertz CT molecular complexity index is 702. The molecule has 3 aromatic rings. The van der Waals surface area contributed by atoms with Gasteiger partial charge in [0, 0.05) is 0 Å². The molecule has 0 aliphatic heterocycles. The lowest BCUT2D eigenvalue weighted by molar-refractivity contribution is 1.82. The molecule has 0 spiro atoms. The lowest BCUT2D eigenvalue weighted by Gasteiger charge is -2.05. The van der Waals surface area contributed by atoms with Gasteiger partial charge >= 0.3 is 0 Å². The van der Waals surface area contributed by atoms with Crippen LogP contribution in [0.2, 0.25) is 0 Å². The smallest absolute Gasteiger partial charge is 0.0171 e. The molecule has 0 radical (unpaired) electrons. The molecular weight excluding hydrogens is 242 g/mol. The van der Waals surface area contributed by atoms with Crippen LogP contribution in [0.4, 0.5) is 0 Å². The Balaban J connectivity index is 2.35. The van der Waals surface area contributed by atoms with Crippen molar-refractivity contribution in [1.29, 1.82) is 0 Å². The van der Waals surface area contributed by atoms with E-state index in [9.17, 15) is 0 Å². The molecule has 84 valence electrons. The Hall–Kier alpha value is -0.960. The Morgan fingerprint density at radius 2 is 1.41 bits per heavy atom. The van der Waals surface area contributed by atoms with E-state index in [0.717, 1.165) is 8.58 Å². The van der Waals surface area contributed by atoms with E-state index in [0.29, 0.717) is 0 Å². The van der Waals surface area contributed by atoms with Crippen LogP contribution in [-0.2, 0) is 0 Å². The number of fused-ring (bicyclic) bond motifs is 2. The van der Waals surface area contributed by atoms with Crippen molar-refractivity contribution < 1.29 is 0 Å². The Labute approximate surface area is 105 Å². The Kier molecular flexibility index (Phi) is 2.87. The first-order valence-electron chi connectivity index (χ1n) is 5.67. The van der Waals surface area contributed by atoms with Crippen LogP contribution in [0.3, 0.4) is 0 Å². The molecule has 0 fully saturated rings. The molecular formula is C15H14P2. The molecule has 0 bridgehead atoms. The predicted octanol–water partition coefficient (Wildman–Crippen LogP) is 3.43. The first-order valence-corrected chi connectivity index (χ1v) is 7.75. The van der Waals surface area contributed by atoms with Crippen molar-refractivity contribution in [3.8, 4) is 0 Å². The quantitative estimate of drug-likeness (QED) is 0.462. The van der Waals surface area contributed by atoms with Gasteiger partial charge in [0.25, 0.3) is 0 Å². The molecule has 0 aromatic heterocycles. The highest BCUT2D eigenvalue weighted by atomic mass is 31.1. The van der Waals surface area contributed by atoms with E-state index in [-0.39, 0.29) is 0 Å². The van der Waals surface area contributed by atoms with Gasteiger partial charge in [-0.15, -0.1) is 9.24 Å². The van der Waals surface area contributed by atoms with Gasteiger partial charge in [0.1, 0.15) is 0 Å². The first-order chi connectivity index (χ1) is 8.26. The summed E-state index contributed by atoms with van der Waals surface area (Å²) in [5.74, 6) is 0. The second-order valence-corrected chi connectivity index (χ2v) is 6.01. The topological polar surface area (TPSA) is 0 Å². The van der Waals surface area contributed by atoms with Crippen molar-refractivity contribution in [3.05, 3.63) is 48.5 Å². The zero-order valence-electron chi connectivity index (χ0n) is 9.70. The Morgan fingerprint density at radius 1 is 0.765 bits per heavy atom. The van der Waals surface area contributed by atoms with E-state index in [1.165, 1.54) is 32.2 Å². The highest BCUT2D eigenvalue weighted by molar-refractivity contribution is 7.46. The van der Waals surface area contributed by atoms with Gasteiger partial charge in [-0.1, -0.05) is 32.8 Å². The third-order valence-electron chi connectivity index (χ3n) is 3.11. The molecule has 0 aliphatic carbocycles. The van der Waals surface area contributed by atoms with Crippen LogP contribution in [0, 0.1) is 0 Å². The summed E-state index contributed by atoms with van der Waals surface area (Å²) in [5.41, 5.74) is 0. The van der Waals surface area contributed by atoms with Gasteiger partial charge in [-0.25, -0.2) is 0 Å². The van der Waals surface area contributed by atoms with Crippen molar-refractivity contribution in [1.82, 2.24) is 0 Å². The summed E-state index contributed by atoms with van der Waals surface area (Å²) in [4.78, 5) is 0. The van der Waals surface area contributed by atoms with Crippen molar-refractivity contribution in [2.45, 2.75) is 0 Å². The standard InChI is InChI=1S/C15H14P2/c1-17-15-5-3-11-6-12-8-14(16)4-2-10(12)7-13(11)9-15/h2-9,17H,16H2,1H3. The van der Waals surface area contributed by atoms with Crippen LogP contribution in [0.5, 0.6) is 0 Å². The fourth-order valence-corrected chi connectivity index (χ4v) is 3.00. The summed E-state index contributed by atoms with van der Waals surface area (Å²) in [6, 6.07) is 17.9. The molecule has 17 heavy (non-hydrogen) atoms. The van der Waals surface area contributed by atoms with E-state index in [1.54, 1.807) is 0 Å². The van der Waals surface area contributed by atoms with E-state index >= 15 is 0 Å². The molecule has 0 aliphatic rings. The second-order valence-electron chi connectivity index (χ2n) is 4.27.